The lowest BCUT2D eigenvalue weighted by Crippen LogP contribution is -2.40. The Morgan fingerprint density at radius 1 is 1.16 bits per heavy atom. The predicted molar refractivity (Wildman–Crippen MR) is 120 cm³/mol. The van der Waals surface area contributed by atoms with E-state index in [1.54, 1.807) is 11.1 Å². The minimum Gasteiger partial charge on any atom is -0.474 e. The van der Waals surface area contributed by atoms with Crippen LogP contribution in [0.4, 0.5) is 11.5 Å². The molecule has 1 spiro atoms. The number of nitrogens with zero attached hydrogens (tertiary/aromatic N) is 4. The third kappa shape index (κ3) is 3.55. The molecular formula is C23H30N4O3Si. The Hall–Kier alpha value is -2.32. The van der Waals surface area contributed by atoms with E-state index in [-0.39, 0.29) is 10.9 Å². The van der Waals surface area contributed by atoms with Crippen molar-refractivity contribution in [3.05, 3.63) is 35.9 Å². The second-order valence-corrected chi connectivity index (χ2v) is 15.3. The molecule has 2 aromatic rings. The molecule has 0 saturated heterocycles. The Bertz CT molecular complexity index is 1020. The molecule has 2 aromatic heterocycles. The Morgan fingerprint density at radius 2 is 1.90 bits per heavy atom. The van der Waals surface area contributed by atoms with Crippen LogP contribution in [-0.4, -0.2) is 35.3 Å². The van der Waals surface area contributed by atoms with Crippen LogP contribution in [0.25, 0.3) is 0 Å². The lowest BCUT2D eigenvalue weighted by atomic mass is 10.0. The van der Waals surface area contributed by atoms with Crippen molar-refractivity contribution in [3.8, 4) is 5.88 Å². The van der Waals surface area contributed by atoms with Crippen LogP contribution in [-0.2, 0) is 21.2 Å². The van der Waals surface area contributed by atoms with Crippen molar-refractivity contribution in [2.24, 2.45) is 0 Å². The number of carbonyl (C=O) groups excluding carboxylic acids is 1. The van der Waals surface area contributed by atoms with E-state index in [2.05, 4.69) is 43.8 Å². The average molecular weight is 439 g/mol. The van der Waals surface area contributed by atoms with Crippen LogP contribution < -0.4 is 9.64 Å². The van der Waals surface area contributed by atoms with Crippen LogP contribution in [0.1, 0.15) is 57.8 Å². The first-order valence-corrected chi connectivity index (χ1v) is 14.0. The quantitative estimate of drug-likeness (QED) is 0.611. The number of carbonyl (C=O) groups is 1. The molecule has 0 bridgehead atoms. The van der Waals surface area contributed by atoms with E-state index >= 15 is 0 Å². The second-order valence-electron chi connectivity index (χ2n) is 10.5. The zero-order chi connectivity index (χ0) is 22.0. The van der Waals surface area contributed by atoms with Gasteiger partial charge in [0.15, 0.2) is 14.1 Å². The van der Waals surface area contributed by atoms with E-state index in [0.717, 1.165) is 31.2 Å². The standard InChI is InChI=1S/C23H30N4O3Si/c1-22(2,3)31(4,5)29-14-18-24-13-17-20(26-18)27(21(28)23(17)10-11-23)15-6-9-19(25-12-15)30-16-7-8-16/h6,9,12-13,16H,7-8,10-11,14H2,1-5H3. The van der Waals surface area contributed by atoms with Gasteiger partial charge in [0.1, 0.15) is 11.9 Å². The largest absolute Gasteiger partial charge is 0.474 e. The molecule has 1 amide bonds. The summed E-state index contributed by atoms with van der Waals surface area (Å²) in [5.41, 5.74) is 1.18. The third-order valence-corrected chi connectivity index (χ3v) is 11.5. The van der Waals surface area contributed by atoms with Gasteiger partial charge in [-0.25, -0.2) is 15.0 Å². The van der Waals surface area contributed by atoms with Crippen LogP contribution in [0.5, 0.6) is 5.88 Å². The van der Waals surface area contributed by atoms with Gasteiger partial charge >= 0.3 is 0 Å². The van der Waals surface area contributed by atoms with E-state index in [9.17, 15) is 4.79 Å². The number of anilines is 2. The van der Waals surface area contributed by atoms with Crippen LogP contribution in [0.2, 0.25) is 18.1 Å². The third-order valence-electron chi connectivity index (χ3n) is 7.07. The van der Waals surface area contributed by atoms with Crippen molar-refractivity contribution in [1.82, 2.24) is 15.0 Å². The van der Waals surface area contributed by atoms with Gasteiger partial charge in [0, 0.05) is 17.8 Å². The number of hydrogen-bond acceptors (Lipinski definition) is 6. The highest BCUT2D eigenvalue weighted by atomic mass is 28.4. The molecule has 164 valence electrons. The Balaban J connectivity index is 1.43. The normalized spacial score (nSPS) is 19.6. The highest BCUT2D eigenvalue weighted by molar-refractivity contribution is 6.74. The number of ether oxygens (including phenoxy) is 1. The van der Waals surface area contributed by atoms with Gasteiger partial charge in [-0.2, -0.15) is 0 Å². The molecule has 0 radical (unpaired) electrons. The van der Waals surface area contributed by atoms with Gasteiger partial charge in [0.05, 0.1) is 23.9 Å². The molecule has 5 rings (SSSR count). The molecule has 2 aliphatic carbocycles. The van der Waals surface area contributed by atoms with Crippen molar-refractivity contribution in [2.45, 2.75) is 82.7 Å². The monoisotopic (exact) mass is 438 g/mol. The molecule has 7 nitrogen and oxygen atoms in total. The molecule has 0 atom stereocenters. The highest BCUT2D eigenvalue weighted by Gasteiger charge is 2.60. The van der Waals surface area contributed by atoms with Gasteiger partial charge < -0.3 is 9.16 Å². The Kier molecular flexibility index (Phi) is 4.54. The van der Waals surface area contributed by atoms with Crippen LogP contribution in [0.15, 0.2) is 24.5 Å². The molecule has 0 aromatic carbocycles. The number of pyridine rings is 1. The maximum absolute atomic E-state index is 13.4. The first kappa shape index (κ1) is 20.6. The lowest BCUT2D eigenvalue weighted by Gasteiger charge is -2.35. The van der Waals surface area contributed by atoms with Gasteiger partial charge in [0.25, 0.3) is 0 Å². The molecule has 3 aliphatic rings. The number of aromatic nitrogens is 3. The molecule has 2 saturated carbocycles. The molecule has 8 heteroatoms. The molecule has 1 aliphatic heterocycles. The summed E-state index contributed by atoms with van der Waals surface area (Å²) in [5, 5.41) is 0.111. The zero-order valence-electron chi connectivity index (χ0n) is 18.9. The van der Waals surface area contributed by atoms with E-state index in [0.29, 0.717) is 35.9 Å². The summed E-state index contributed by atoms with van der Waals surface area (Å²) in [5.74, 6) is 1.95. The summed E-state index contributed by atoms with van der Waals surface area (Å²) in [6, 6.07) is 3.73. The number of amides is 1. The van der Waals surface area contributed by atoms with E-state index < -0.39 is 13.7 Å². The first-order valence-electron chi connectivity index (χ1n) is 11.1. The topological polar surface area (TPSA) is 77.4 Å². The molecule has 3 heterocycles. The van der Waals surface area contributed by atoms with E-state index in [1.807, 2.05) is 18.3 Å². The molecule has 0 unspecified atom stereocenters. The Labute approximate surface area is 184 Å². The summed E-state index contributed by atoms with van der Waals surface area (Å²) in [6.07, 6.45) is 7.67. The fourth-order valence-corrected chi connectivity index (χ4v) is 4.57. The van der Waals surface area contributed by atoms with Crippen molar-refractivity contribution in [2.75, 3.05) is 4.90 Å². The maximum Gasteiger partial charge on any atom is 0.243 e. The van der Waals surface area contributed by atoms with E-state index in [1.165, 1.54) is 0 Å². The molecule has 2 fully saturated rings. The van der Waals surface area contributed by atoms with Crippen LogP contribution in [0.3, 0.4) is 0 Å². The summed E-state index contributed by atoms with van der Waals surface area (Å²) < 4.78 is 12.1. The van der Waals surface area contributed by atoms with E-state index in [4.69, 9.17) is 14.1 Å². The smallest absolute Gasteiger partial charge is 0.243 e. The van der Waals surface area contributed by atoms with Crippen molar-refractivity contribution >= 4 is 25.7 Å². The summed E-state index contributed by atoms with van der Waals surface area (Å²) in [7, 11) is -1.92. The maximum atomic E-state index is 13.4. The van der Waals surface area contributed by atoms with Gasteiger partial charge in [-0.15, -0.1) is 0 Å². The molecule has 0 N–H and O–H groups in total. The SMILES string of the molecule is CC(C)(C)[Si](C)(C)OCc1ncc2c(n1)N(c1ccc(OC3CC3)nc1)C(=O)C21CC1. The highest BCUT2D eigenvalue weighted by Crippen LogP contribution is 2.58. The zero-order valence-corrected chi connectivity index (χ0v) is 19.9. The first-order chi connectivity index (χ1) is 14.6. The molecule has 31 heavy (non-hydrogen) atoms. The van der Waals surface area contributed by atoms with Crippen LogP contribution >= 0.6 is 0 Å². The fourth-order valence-electron chi connectivity index (χ4n) is 3.65. The number of rotatable bonds is 6. The number of fused-ring (bicyclic) bond motifs is 2. The van der Waals surface area contributed by atoms with Gasteiger partial charge in [0.2, 0.25) is 11.8 Å². The fraction of sp³-hybridized carbons (Fsp3) is 0.565. The van der Waals surface area contributed by atoms with Crippen molar-refractivity contribution < 1.29 is 14.0 Å². The van der Waals surface area contributed by atoms with Gasteiger partial charge in [-0.05, 0) is 49.9 Å². The molecular weight excluding hydrogens is 408 g/mol. The number of hydrogen-bond donors (Lipinski definition) is 0. The summed E-state index contributed by atoms with van der Waals surface area (Å²) in [4.78, 5) is 28.8. The van der Waals surface area contributed by atoms with Crippen molar-refractivity contribution in [1.29, 1.82) is 0 Å². The lowest BCUT2D eigenvalue weighted by molar-refractivity contribution is -0.119. The minimum atomic E-state index is -1.92. The predicted octanol–water partition coefficient (Wildman–Crippen LogP) is 4.64. The van der Waals surface area contributed by atoms with Gasteiger partial charge in [-0.1, -0.05) is 20.8 Å². The second kappa shape index (κ2) is 6.84. The Morgan fingerprint density at radius 3 is 2.48 bits per heavy atom. The minimum absolute atomic E-state index is 0.0666. The van der Waals surface area contributed by atoms with Crippen LogP contribution in [0, 0.1) is 0 Å². The van der Waals surface area contributed by atoms with Crippen molar-refractivity contribution in [3.63, 3.8) is 0 Å². The summed E-state index contributed by atoms with van der Waals surface area (Å²) in [6.45, 7) is 11.4. The van der Waals surface area contributed by atoms with Gasteiger partial charge in [-0.3, -0.25) is 9.69 Å². The summed E-state index contributed by atoms with van der Waals surface area (Å²) >= 11 is 0. The average Bonchev–Trinajstić information content (AvgIpc) is 3.62.